The number of ether oxygens (including phenoxy) is 1. The number of anilines is 1. The fourth-order valence-electron chi connectivity index (χ4n) is 2.95. The number of aromatic nitrogens is 1. The minimum absolute atomic E-state index is 0.232. The van der Waals surface area contributed by atoms with E-state index in [9.17, 15) is 9.59 Å². The fourth-order valence-corrected chi connectivity index (χ4v) is 3.06. The van der Waals surface area contributed by atoms with Crippen LogP contribution < -0.4 is 5.32 Å². The summed E-state index contributed by atoms with van der Waals surface area (Å²) in [6.45, 7) is 7.01. The summed E-state index contributed by atoms with van der Waals surface area (Å²) in [4.78, 5) is 29.8. The summed E-state index contributed by atoms with van der Waals surface area (Å²) in [5.74, 6) is 0.192. The highest BCUT2D eigenvalue weighted by molar-refractivity contribution is 6.29. The topological polar surface area (TPSA) is 71.5 Å². The van der Waals surface area contributed by atoms with Gasteiger partial charge in [0.2, 0.25) is 0 Å². The van der Waals surface area contributed by atoms with E-state index in [2.05, 4.69) is 10.3 Å². The van der Waals surface area contributed by atoms with Gasteiger partial charge in [0, 0.05) is 25.0 Å². The second kappa shape index (κ2) is 8.19. The smallest absolute Gasteiger partial charge is 0.410 e. The Labute approximate surface area is 169 Å². The van der Waals surface area contributed by atoms with E-state index in [1.807, 2.05) is 45.0 Å². The monoisotopic (exact) mass is 401 g/mol. The lowest BCUT2D eigenvalue weighted by molar-refractivity contribution is -0.000883. The van der Waals surface area contributed by atoms with Crippen molar-refractivity contribution in [1.82, 2.24) is 9.88 Å². The van der Waals surface area contributed by atoms with Crippen molar-refractivity contribution in [1.29, 1.82) is 0 Å². The summed E-state index contributed by atoms with van der Waals surface area (Å²) in [6, 6.07) is 10.9. The van der Waals surface area contributed by atoms with Gasteiger partial charge >= 0.3 is 6.09 Å². The van der Waals surface area contributed by atoms with Gasteiger partial charge in [-0.1, -0.05) is 23.7 Å². The largest absolute Gasteiger partial charge is 0.444 e. The maximum absolute atomic E-state index is 12.2. The Hall–Kier alpha value is -2.60. The molecule has 7 heteroatoms. The molecular formula is C21H24ClN3O3. The zero-order chi connectivity index (χ0) is 20.3. The number of halogens is 1. The van der Waals surface area contributed by atoms with Crippen LogP contribution in [0.1, 0.15) is 36.7 Å². The van der Waals surface area contributed by atoms with Crippen molar-refractivity contribution in [2.45, 2.75) is 32.8 Å². The van der Waals surface area contributed by atoms with Gasteiger partial charge < -0.3 is 15.0 Å². The number of carbonyl (C=O) groups excluding carboxylic acids is 2. The van der Waals surface area contributed by atoms with E-state index >= 15 is 0 Å². The summed E-state index contributed by atoms with van der Waals surface area (Å²) in [7, 11) is 0. The average molecular weight is 402 g/mol. The molecule has 2 heterocycles. The number of nitrogens with one attached hydrogen (secondary N) is 1. The van der Waals surface area contributed by atoms with E-state index in [0.717, 1.165) is 6.42 Å². The Bertz CT molecular complexity index is 839. The summed E-state index contributed by atoms with van der Waals surface area (Å²) >= 11 is 5.74. The Kier molecular flexibility index (Phi) is 5.89. The van der Waals surface area contributed by atoms with Crippen LogP contribution in [0.5, 0.6) is 0 Å². The van der Waals surface area contributed by atoms with Crippen molar-refractivity contribution < 1.29 is 14.3 Å². The van der Waals surface area contributed by atoms with Crippen molar-refractivity contribution in [2.24, 2.45) is 5.92 Å². The number of amides is 2. The lowest BCUT2D eigenvalue weighted by Gasteiger charge is -2.39. The third-order valence-corrected chi connectivity index (χ3v) is 4.56. The molecule has 1 aliphatic heterocycles. The van der Waals surface area contributed by atoms with E-state index < -0.39 is 5.60 Å². The van der Waals surface area contributed by atoms with Crippen LogP contribution in [0, 0.1) is 5.92 Å². The van der Waals surface area contributed by atoms with E-state index in [1.165, 1.54) is 11.8 Å². The van der Waals surface area contributed by atoms with Gasteiger partial charge in [0.25, 0.3) is 5.91 Å². The third kappa shape index (κ3) is 5.45. The molecule has 1 aromatic heterocycles. The molecule has 2 amide bonds. The molecule has 3 rings (SSSR count). The van der Waals surface area contributed by atoms with Crippen LogP contribution in [0.25, 0.3) is 0 Å². The first-order valence-electron chi connectivity index (χ1n) is 9.19. The zero-order valence-corrected chi connectivity index (χ0v) is 17.0. The number of likely N-dealkylation sites (tertiary alicyclic amines) is 1. The molecule has 0 radical (unpaired) electrons. The SMILES string of the molecule is CC(C)(C)OC(=O)N1CC(Cc2ccc(NC(=O)c3ccc(Cl)nc3)cc2)C1. The Morgan fingerprint density at radius 2 is 1.86 bits per heavy atom. The average Bonchev–Trinajstić information content (AvgIpc) is 2.58. The maximum atomic E-state index is 12.2. The van der Waals surface area contributed by atoms with E-state index in [-0.39, 0.29) is 12.0 Å². The van der Waals surface area contributed by atoms with Crippen molar-refractivity contribution in [3.05, 3.63) is 58.9 Å². The highest BCUT2D eigenvalue weighted by atomic mass is 35.5. The van der Waals surface area contributed by atoms with Crippen molar-refractivity contribution in [2.75, 3.05) is 18.4 Å². The molecule has 1 aromatic carbocycles. The van der Waals surface area contributed by atoms with Crippen LogP contribution in [0.2, 0.25) is 5.15 Å². The predicted molar refractivity (Wildman–Crippen MR) is 109 cm³/mol. The second-order valence-electron chi connectivity index (χ2n) is 7.98. The van der Waals surface area contributed by atoms with Crippen LogP contribution in [0.3, 0.4) is 0 Å². The lowest BCUT2D eigenvalue weighted by Crippen LogP contribution is -2.52. The Morgan fingerprint density at radius 3 is 2.43 bits per heavy atom. The molecule has 28 heavy (non-hydrogen) atoms. The van der Waals surface area contributed by atoms with Crippen LogP contribution in [0.15, 0.2) is 42.6 Å². The maximum Gasteiger partial charge on any atom is 0.410 e. The van der Waals surface area contributed by atoms with E-state index in [0.29, 0.717) is 35.4 Å². The number of nitrogens with zero attached hydrogens (tertiary/aromatic N) is 2. The molecule has 1 N–H and O–H groups in total. The van der Waals surface area contributed by atoms with Crippen LogP contribution in [0.4, 0.5) is 10.5 Å². The van der Waals surface area contributed by atoms with Crippen LogP contribution >= 0.6 is 11.6 Å². The van der Waals surface area contributed by atoms with Gasteiger partial charge in [-0.2, -0.15) is 0 Å². The van der Waals surface area contributed by atoms with Crippen molar-refractivity contribution in [3.8, 4) is 0 Å². The molecule has 0 aliphatic carbocycles. The minimum atomic E-state index is -0.468. The molecule has 0 atom stereocenters. The third-order valence-electron chi connectivity index (χ3n) is 4.33. The Balaban J connectivity index is 1.47. The van der Waals surface area contributed by atoms with E-state index in [1.54, 1.807) is 17.0 Å². The standard InChI is InChI=1S/C21H24ClN3O3/c1-21(2,3)28-20(27)25-12-15(13-25)10-14-4-7-17(8-5-14)24-19(26)16-6-9-18(22)23-11-16/h4-9,11,15H,10,12-13H2,1-3H3,(H,24,26). The number of pyridine rings is 1. The quantitative estimate of drug-likeness (QED) is 0.771. The van der Waals surface area contributed by atoms with Gasteiger partial charge in [0.05, 0.1) is 5.56 Å². The second-order valence-corrected chi connectivity index (χ2v) is 8.36. The first kappa shape index (κ1) is 20.1. The van der Waals surface area contributed by atoms with Gasteiger partial charge in [-0.05, 0) is 62.9 Å². The van der Waals surface area contributed by atoms with Crippen LogP contribution in [-0.4, -0.2) is 40.6 Å². The highest BCUT2D eigenvalue weighted by Crippen LogP contribution is 2.23. The number of carbonyl (C=O) groups is 2. The molecule has 0 bridgehead atoms. The minimum Gasteiger partial charge on any atom is -0.444 e. The van der Waals surface area contributed by atoms with Gasteiger partial charge in [0.15, 0.2) is 0 Å². The summed E-state index contributed by atoms with van der Waals surface area (Å²) in [5.41, 5.74) is 1.86. The molecule has 1 fully saturated rings. The predicted octanol–water partition coefficient (Wildman–Crippen LogP) is 4.40. The number of hydrogen-bond acceptors (Lipinski definition) is 4. The van der Waals surface area contributed by atoms with Crippen molar-refractivity contribution >= 4 is 29.3 Å². The molecule has 1 saturated heterocycles. The van der Waals surface area contributed by atoms with Gasteiger partial charge in [-0.15, -0.1) is 0 Å². The molecule has 0 unspecified atom stereocenters. The molecular weight excluding hydrogens is 378 g/mol. The molecule has 6 nitrogen and oxygen atoms in total. The highest BCUT2D eigenvalue weighted by Gasteiger charge is 2.33. The van der Waals surface area contributed by atoms with Gasteiger partial charge in [-0.25, -0.2) is 9.78 Å². The molecule has 2 aromatic rings. The van der Waals surface area contributed by atoms with Gasteiger partial charge in [-0.3, -0.25) is 4.79 Å². The zero-order valence-electron chi connectivity index (χ0n) is 16.2. The summed E-state index contributed by atoms with van der Waals surface area (Å²) in [5, 5.41) is 3.19. The van der Waals surface area contributed by atoms with Gasteiger partial charge in [0.1, 0.15) is 10.8 Å². The first-order valence-corrected chi connectivity index (χ1v) is 9.57. The number of benzene rings is 1. The van der Waals surface area contributed by atoms with E-state index in [4.69, 9.17) is 16.3 Å². The Morgan fingerprint density at radius 1 is 1.18 bits per heavy atom. The molecule has 0 spiro atoms. The number of rotatable bonds is 4. The lowest BCUT2D eigenvalue weighted by atomic mass is 9.92. The normalized spacial score (nSPS) is 14.4. The summed E-state index contributed by atoms with van der Waals surface area (Å²) < 4.78 is 5.37. The number of hydrogen-bond donors (Lipinski definition) is 1. The summed E-state index contributed by atoms with van der Waals surface area (Å²) in [6.07, 6.45) is 2.08. The molecule has 0 saturated carbocycles. The molecule has 148 valence electrons. The van der Waals surface area contributed by atoms with Crippen molar-refractivity contribution in [3.63, 3.8) is 0 Å². The fraction of sp³-hybridized carbons (Fsp3) is 0.381. The van der Waals surface area contributed by atoms with Crippen LogP contribution in [-0.2, 0) is 11.2 Å². The first-order chi connectivity index (χ1) is 13.2. The molecule has 1 aliphatic rings.